The smallest absolute Gasteiger partial charge is 0.407 e. The SMILES string of the molecule is COC(=O)NC(C(=O)N1CCCCC1(C)c1ncc(-c2ccc(-c3ccc(-c4cnc(C56CCC(CN5C(=O)C(NC(=O)OC)C(C)C)C6)[nH]4)cc3)c3c2OCO3)[nH]1)C(C)C. The quantitative estimate of drug-likeness (QED) is 0.127. The fourth-order valence-electron chi connectivity index (χ4n) is 9.76. The number of nitrogens with one attached hydrogen (secondary N) is 4. The van der Waals surface area contributed by atoms with Gasteiger partial charge in [0.15, 0.2) is 11.5 Å². The van der Waals surface area contributed by atoms with E-state index in [0.29, 0.717) is 42.8 Å². The number of ether oxygens (including phenoxy) is 4. The van der Waals surface area contributed by atoms with Crippen LogP contribution in [0.25, 0.3) is 33.6 Å². The first-order valence-corrected chi connectivity index (χ1v) is 21.2. The number of amides is 4. The third-order valence-electron chi connectivity index (χ3n) is 13.2. The summed E-state index contributed by atoms with van der Waals surface area (Å²) in [4.78, 5) is 72.8. The van der Waals surface area contributed by atoms with Crippen LogP contribution in [-0.4, -0.2) is 99.9 Å². The van der Waals surface area contributed by atoms with Gasteiger partial charge >= 0.3 is 12.2 Å². The summed E-state index contributed by atoms with van der Waals surface area (Å²) < 4.78 is 21.8. The molecule has 4 amide bonds. The molecule has 2 saturated heterocycles. The predicted molar refractivity (Wildman–Crippen MR) is 225 cm³/mol. The van der Waals surface area contributed by atoms with Gasteiger partial charge < -0.3 is 49.3 Å². The summed E-state index contributed by atoms with van der Waals surface area (Å²) >= 11 is 0. The number of alkyl carbamates (subject to hydrolysis) is 2. The molecular weight excluding hydrogens is 781 g/mol. The normalized spacial score (nSPS) is 22.7. The largest absolute Gasteiger partial charge is 0.453 e. The maximum atomic E-state index is 14.0. The molecule has 0 spiro atoms. The number of carbonyl (C=O) groups is 4. The van der Waals surface area contributed by atoms with Crippen molar-refractivity contribution >= 4 is 24.0 Å². The molecule has 16 heteroatoms. The lowest BCUT2D eigenvalue weighted by Gasteiger charge is -2.45. The van der Waals surface area contributed by atoms with Gasteiger partial charge in [0, 0.05) is 24.2 Å². The van der Waals surface area contributed by atoms with E-state index < -0.39 is 35.3 Å². The highest BCUT2D eigenvalue weighted by atomic mass is 16.7. The molecule has 3 fully saturated rings. The first-order valence-electron chi connectivity index (χ1n) is 21.2. The summed E-state index contributed by atoms with van der Waals surface area (Å²) in [5.41, 5.74) is 3.82. The van der Waals surface area contributed by atoms with Crippen molar-refractivity contribution in [3.05, 3.63) is 60.4 Å². The lowest BCUT2D eigenvalue weighted by atomic mass is 9.86. The van der Waals surface area contributed by atoms with Crippen molar-refractivity contribution in [3.8, 4) is 45.1 Å². The number of aromatic amines is 2. The van der Waals surface area contributed by atoms with E-state index in [2.05, 4.69) is 20.6 Å². The molecule has 2 aromatic heterocycles. The number of nitrogens with zero attached hydrogens (tertiary/aromatic N) is 4. The fraction of sp³-hybridized carbons (Fsp3) is 0.511. The molecule has 1 aliphatic carbocycles. The van der Waals surface area contributed by atoms with Crippen LogP contribution >= 0.6 is 0 Å². The Labute approximate surface area is 355 Å². The molecule has 3 aliphatic heterocycles. The van der Waals surface area contributed by atoms with Gasteiger partial charge in [0.2, 0.25) is 18.6 Å². The highest BCUT2D eigenvalue weighted by Crippen LogP contribution is 2.53. The van der Waals surface area contributed by atoms with Gasteiger partial charge in [-0.3, -0.25) is 9.59 Å². The fourth-order valence-corrected chi connectivity index (χ4v) is 9.76. The van der Waals surface area contributed by atoms with Crippen LogP contribution in [-0.2, 0) is 30.1 Å². The number of benzene rings is 2. The monoisotopic (exact) mass is 836 g/mol. The number of H-pyrrole nitrogens is 2. The van der Waals surface area contributed by atoms with E-state index in [9.17, 15) is 19.2 Å². The zero-order chi connectivity index (χ0) is 43.2. The number of hydrogen-bond donors (Lipinski definition) is 4. The Balaban J connectivity index is 1.02. The molecule has 16 nitrogen and oxygen atoms in total. The van der Waals surface area contributed by atoms with Crippen LogP contribution in [0.3, 0.4) is 0 Å². The van der Waals surface area contributed by atoms with E-state index >= 15 is 0 Å². The molecule has 5 unspecified atom stereocenters. The molecule has 8 rings (SSSR count). The van der Waals surface area contributed by atoms with Gasteiger partial charge in [0.05, 0.1) is 43.5 Å². The van der Waals surface area contributed by atoms with Gasteiger partial charge in [-0.25, -0.2) is 19.6 Å². The van der Waals surface area contributed by atoms with E-state index in [0.717, 1.165) is 71.6 Å². The first-order chi connectivity index (χ1) is 29.3. The number of fused-ring (bicyclic) bond motifs is 3. The second-order valence-corrected chi connectivity index (χ2v) is 17.6. The number of aromatic nitrogens is 4. The van der Waals surface area contributed by atoms with E-state index in [-0.39, 0.29) is 30.4 Å². The minimum Gasteiger partial charge on any atom is -0.453 e. The topological polar surface area (TPSA) is 193 Å². The molecular formula is C45H56N8O8. The zero-order valence-corrected chi connectivity index (χ0v) is 35.9. The summed E-state index contributed by atoms with van der Waals surface area (Å²) in [6.07, 6.45) is 7.43. The molecule has 0 radical (unpaired) electrons. The highest BCUT2D eigenvalue weighted by Gasteiger charge is 2.56. The van der Waals surface area contributed by atoms with E-state index in [1.807, 2.05) is 87.0 Å². The second-order valence-electron chi connectivity index (χ2n) is 17.6. The standard InChI is InChI=1S/C45H56N8O8/c1-25(2)34(50-42(56)58-6)38(54)52-19-9-8-17-44(52,5)40-46-22-33(49-40)31-15-14-30(36-37(31)61-24-60-36)28-10-12-29(13-11-28)32-21-47-41(48-32)45-18-16-27(20-45)23-53(45)39(55)35(26(3)4)51-43(57)59-7/h10-15,21-22,25-27,34-35H,8-9,16-20,23-24H2,1-7H3,(H,46,49)(H,47,48)(H,50,56)(H,51,57). The molecule has 1 saturated carbocycles. The number of carbonyl (C=O) groups excluding carboxylic acids is 4. The molecule has 4 aliphatic rings. The van der Waals surface area contributed by atoms with E-state index in [1.165, 1.54) is 14.2 Å². The Kier molecular flexibility index (Phi) is 11.2. The molecule has 4 N–H and O–H groups in total. The van der Waals surface area contributed by atoms with Gasteiger partial charge in [-0.05, 0) is 86.5 Å². The molecule has 324 valence electrons. The van der Waals surface area contributed by atoms with Crippen LogP contribution in [0.5, 0.6) is 11.5 Å². The van der Waals surface area contributed by atoms with Crippen molar-refractivity contribution in [1.82, 2.24) is 40.4 Å². The first kappa shape index (κ1) is 41.7. The van der Waals surface area contributed by atoms with Crippen LogP contribution < -0.4 is 20.1 Å². The van der Waals surface area contributed by atoms with E-state index in [4.69, 9.17) is 28.9 Å². The molecule has 2 bridgehead atoms. The van der Waals surface area contributed by atoms with Gasteiger partial charge in [-0.2, -0.15) is 0 Å². The molecule has 2 aromatic carbocycles. The summed E-state index contributed by atoms with van der Waals surface area (Å²) in [5.74, 6) is 2.45. The Bertz CT molecular complexity index is 2300. The Morgan fingerprint density at radius 2 is 1.33 bits per heavy atom. The maximum absolute atomic E-state index is 14.0. The lowest BCUT2D eigenvalue weighted by Crippen LogP contribution is -2.58. The van der Waals surface area contributed by atoms with Crippen molar-refractivity contribution in [2.45, 2.75) is 96.3 Å². The van der Waals surface area contributed by atoms with Gasteiger partial charge in [0.1, 0.15) is 29.3 Å². The zero-order valence-electron chi connectivity index (χ0n) is 35.9. The number of piperidine rings is 2. The maximum Gasteiger partial charge on any atom is 0.407 e. The van der Waals surface area contributed by atoms with Crippen molar-refractivity contribution < 1.29 is 38.1 Å². The lowest BCUT2D eigenvalue weighted by molar-refractivity contribution is -0.143. The number of methoxy groups -OCH3 is 2. The van der Waals surface area contributed by atoms with Crippen LogP contribution in [0.4, 0.5) is 9.59 Å². The minimum absolute atomic E-state index is 0.0674. The molecule has 5 heterocycles. The predicted octanol–water partition coefficient (Wildman–Crippen LogP) is 6.69. The Morgan fingerprint density at radius 1 is 0.754 bits per heavy atom. The summed E-state index contributed by atoms with van der Waals surface area (Å²) in [5, 5.41) is 5.48. The summed E-state index contributed by atoms with van der Waals surface area (Å²) in [6, 6.07) is 10.7. The average Bonchev–Trinajstić information content (AvgIpc) is 4.12. The number of likely N-dealkylation sites (tertiary alicyclic amines) is 2. The number of rotatable bonds is 11. The van der Waals surface area contributed by atoms with Crippen molar-refractivity contribution in [3.63, 3.8) is 0 Å². The highest BCUT2D eigenvalue weighted by molar-refractivity contribution is 5.88. The number of hydrogen-bond acceptors (Lipinski definition) is 10. The van der Waals surface area contributed by atoms with Gasteiger partial charge in [-0.1, -0.05) is 52.0 Å². The molecule has 61 heavy (non-hydrogen) atoms. The third kappa shape index (κ3) is 7.43. The van der Waals surface area contributed by atoms with Gasteiger partial charge in [-0.15, -0.1) is 0 Å². The Morgan fingerprint density at radius 3 is 1.97 bits per heavy atom. The molecule has 5 atom stereocenters. The van der Waals surface area contributed by atoms with Crippen LogP contribution in [0.1, 0.15) is 84.8 Å². The van der Waals surface area contributed by atoms with Crippen molar-refractivity contribution in [2.75, 3.05) is 34.1 Å². The molecule has 4 aromatic rings. The van der Waals surface area contributed by atoms with Crippen LogP contribution in [0, 0.1) is 17.8 Å². The minimum atomic E-state index is -0.747. The van der Waals surface area contributed by atoms with Crippen LogP contribution in [0.15, 0.2) is 48.8 Å². The second kappa shape index (κ2) is 16.4. The van der Waals surface area contributed by atoms with Crippen LogP contribution in [0.2, 0.25) is 0 Å². The summed E-state index contributed by atoms with van der Waals surface area (Å²) in [6.45, 7) is 10.9. The Hall–Kier alpha value is -6.06. The summed E-state index contributed by atoms with van der Waals surface area (Å²) in [7, 11) is 2.59. The third-order valence-corrected chi connectivity index (χ3v) is 13.2. The van der Waals surface area contributed by atoms with Gasteiger partial charge in [0.25, 0.3) is 0 Å². The van der Waals surface area contributed by atoms with E-state index in [1.54, 1.807) is 6.20 Å². The van der Waals surface area contributed by atoms with Crippen molar-refractivity contribution in [1.29, 1.82) is 0 Å². The van der Waals surface area contributed by atoms with Crippen molar-refractivity contribution in [2.24, 2.45) is 17.8 Å². The average molecular weight is 837 g/mol. The number of imidazole rings is 2.